The Hall–Kier alpha value is -5.36. The van der Waals surface area contributed by atoms with E-state index in [1.807, 2.05) is 123 Å². The molecule has 0 saturated carbocycles. The van der Waals surface area contributed by atoms with Gasteiger partial charge in [0.15, 0.2) is 0 Å². The second-order valence-corrected chi connectivity index (χ2v) is 12.2. The summed E-state index contributed by atoms with van der Waals surface area (Å²) in [6.45, 7) is 12.0. The summed E-state index contributed by atoms with van der Waals surface area (Å²) in [5.41, 5.74) is 4.64. The number of aryl methyl sites for hydroxylation is 1. The second-order valence-electron chi connectivity index (χ2n) is 12.2. The van der Waals surface area contributed by atoms with Crippen molar-refractivity contribution in [1.82, 2.24) is 0 Å². The lowest BCUT2D eigenvalue weighted by atomic mass is 10.1. The van der Waals surface area contributed by atoms with Gasteiger partial charge in [0, 0.05) is 20.8 Å². The number of benzene rings is 4. The van der Waals surface area contributed by atoms with Crippen LogP contribution in [-0.2, 0) is 78.6 Å². The van der Waals surface area contributed by atoms with Crippen molar-refractivity contribution in [3.05, 3.63) is 144 Å². The van der Waals surface area contributed by atoms with Crippen molar-refractivity contribution in [2.75, 3.05) is 33.0 Å². The van der Waals surface area contributed by atoms with E-state index in [4.69, 9.17) is 33.2 Å². The van der Waals surface area contributed by atoms with Gasteiger partial charge in [-0.05, 0) is 48.9 Å². The van der Waals surface area contributed by atoms with Gasteiger partial charge in [-0.1, -0.05) is 196 Å². The molecule has 11 heteroatoms. The van der Waals surface area contributed by atoms with E-state index in [0.29, 0.717) is 59.3 Å². The molecular weight excluding hydrogens is 837 g/mol. The first-order valence-electron chi connectivity index (χ1n) is 18.5. The Balaban J connectivity index is -0.0000000755. The van der Waals surface area contributed by atoms with Crippen LogP contribution in [0.25, 0.3) is 0 Å². The first kappa shape index (κ1) is 84.1. The summed E-state index contributed by atoms with van der Waals surface area (Å²) in [6.07, 6.45) is 1.66. The molecule has 0 aliphatic rings. The molecule has 384 valence electrons. The summed E-state index contributed by atoms with van der Waals surface area (Å²) in [4.78, 5) is 41.4. The maximum atomic E-state index is 10.6. The van der Waals surface area contributed by atoms with E-state index >= 15 is 0 Å². The Kier molecular flexibility index (Phi) is 73.5. The first-order valence-corrected chi connectivity index (χ1v) is 18.5. The Morgan fingerprint density at radius 2 is 0.758 bits per heavy atom. The van der Waals surface area contributed by atoms with E-state index < -0.39 is 0 Å². The molecule has 0 amide bonds. The van der Waals surface area contributed by atoms with Gasteiger partial charge in [-0.3, -0.25) is 19.2 Å². The fourth-order valence-corrected chi connectivity index (χ4v) is 4.43. The van der Waals surface area contributed by atoms with E-state index in [1.54, 1.807) is 0 Å². The lowest BCUT2D eigenvalue weighted by Crippen LogP contribution is -2.18. The van der Waals surface area contributed by atoms with Crippen molar-refractivity contribution in [1.29, 1.82) is 0 Å². The third kappa shape index (κ3) is 53.0. The van der Waals surface area contributed by atoms with E-state index in [2.05, 4.69) is 12.1 Å². The molecule has 4 aromatic carbocycles. The molecule has 0 heterocycles. The predicted molar refractivity (Wildman–Crippen MR) is 281 cm³/mol. The highest BCUT2D eigenvalue weighted by Gasteiger charge is 2.05. The highest BCUT2D eigenvalue weighted by Crippen LogP contribution is 2.06. The van der Waals surface area contributed by atoms with Crippen molar-refractivity contribution >= 4 is 24.4 Å². The third-order valence-corrected chi connectivity index (χ3v) is 7.09. The van der Waals surface area contributed by atoms with Gasteiger partial charge >= 0.3 is 17.9 Å². The lowest BCUT2D eigenvalue weighted by Gasteiger charge is -2.11. The largest absolute Gasteiger partial charge is 0.465 e. The van der Waals surface area contributed by atoms with Crippen LogP contribution >= 0.6 is 0 Å². The predicted octanol–water partition coefficient (Wildman–Crippen LogP) is 14.2. The average molecular weight is 935 g/mol. The van der Waals surface area contributed by atoms with Crippen molar-refractivity contribution in [2.24, 2.45) is 0 Å². The molecule has 11 nitrogen and oxygen atoms in total. The van der Waals surface area contributed by atoms with Crippen LogP contribution in [0.15, 0.2) is 121 Å². The SMILES string of the molecule is C.C.C.C.C.C.C.C.C.C.CC(=O)OC(C)COCc1ccccc1.CC(=O)OCCOCc1ccccc1.CC(=O)OCCOCc1ccccc1.CC(CCc1ccccc1)OC=O. The van der Waals surface area contributed by atoms with Crippen molar-refractivity contribution in [2.45, 2.75) is 154 Å². The van der Waals surface area contributed by atoms with Gasteiger partial charge in [0.25, 0.3) is 6.47 Å². The maximum absolute atomic E-state index is 10.6. The van der Waals surface area contributed by atoms with Crippen LogP contribution in [0.2, 0.25) is 0 Å². The number of rotatable bonds is 20. The molecule has 2 unspecified atom stereocenters. The topological polar surface area (TPSA) is 133 Å². The molecule has 4 rings (SSSR count). The Morgan fingerprint density at radius 1 is 0.439 bits per heavy atom. The first-order chi connectivity index (χ1) is 27.1. The van der Waals surface area contributed by atoms with Gasteiger partial charge < -0.3 is 33.2 Å². The van der Waals surface area contributed by atoms with Gasteiger partial charge in [0.1, 0.15) is 19.3 Å². The summed E-state index contributed by atoms with van der Waals surface area (Å²) < 4.78 is 35.1. The monoisotopic (exact) mass is 935 g/mol. The number of hydrogen-bond donors (Lipinski definition) is 0. The zero-order chi connectivity index (χ0) is 41.1. The minimum Gasteiger partial charge on any atom is -0.465 e. The highest BCUT2D eigenvalue weighted by molar-refractivity contribution is 5.66. The van der Waals surface area contributed by atoms with Crippen molar-refractivity contribution in [3.63, 3.8) is 0 Å². The number of hydrogen-bond acceptors (Lipinski definition) is 11. The second kappa shape index (κ2) is 57.7. The molecule has 0 spiro atoms. The van der Waals surface area contributed by atoms with Crippen LogP contribution in [0, 0.1) is 0 Å². The van der Waals surface area contributed by atoms with Gasteiger partial charge in [-0.15, -0.1) is 0 Å². The van der Waals surface area contributed by atoms with Crippen LogP contribution < -0.4 is 0 Å². The third-order valence-electron chi connectivity index (χ3n) is 7.09. The zero-order valence-corrected chi connectivity index (χ0v) is 33.3. The summed E-state index contributed by atoms with van der Waals surface area (Å²) in [5, 5.41) is 0. The zero-order valence-electron chi connectivity index (χ0n) is 33.3. The van der Waals surface area contributed by atoms with Crippen molar-refractivity contribution in [3.8, 4) is 0 Å². The van der Waals surface area contributed by atoms with Crippen LogP contribution in [0.3, 0.4) is 0 Å². The fraction of sp³-hybridized carbons (Fsp3) is 0.491. The van der Waals surface area contributed by atoms with Crippen LogP contribution in [0.4, 0.5) is 0 Å². The minimum absolute atomic E-state index is 0. The van der Waals surface area contributed by atoms with Gasteiger partial charge in [0.05, 0.1) is 45.7 Å². The molecule has 0 aliphatic carbocycles. The Labute approximate surface area is 405 Å². The van der Waals surface area contributed by atoms with E-state index in [9.17, 15) is 19.2 Å². The summed E-state index contributed by atoms with van der Waals surface area (Å²) in [6, 6.07) is 39.8. The quantitative estimate of drug-likeness (QED) is 0.0363. The Bertz CT molecular complexity index is 1500. The molecule has 0 fully saturated rings. The standard InChI is InChI=1S/C12H16O3.2C11H14O3.C11H14O2.10CH4/c1-10(15-11(2)13)8-14-9-12-6-4-3-5-7-12;2*1-10(12)14-8-7-13-9-11-5-3-2-4-6-11;1-10(13-9-12)7-8-11-5-3-2-4-6-11;;;;;;;;;;/h3-7,10H,8-9H2,1-2H3;2*2-6H,7-9H2,1H3;2-6,9-10H,7-8H2,1H3;10*1H4. The fourth-order valence-electron chi connectivity index (χ4n) is 4.43. The smallest absolute Gasteiger partial charge is 0.302 e. The summed E-state index contributed by atoms with van der Waals surface area (Å²) in [5.74, 6) is -0.813. The molecule has 2 atom stereocenters. The van der Waals surface area contributed by atoms with Gasteiger partial charge in [-0.25, -0.2) is 0 Å². The Morgan fingerprint density at radius 3 is 1.06 bits per heavy atom. The molecule has 0 aromatic heterocycles. The number of carbonyl (C=O) groups excluding carboxylic acids is 4. The van der Waals surface area contributed by atoms with E-state index in [0.717, 1.165) is 29.5 Å². The number of ether oxygens (including phenoxy) is 7. The molecule has 0 bridgehead atoms. The minimum atomic E-state index is -0.272. The molecule has 0 radical (unpaired) electrons. The van der Waals surface area contributed by atoms with Crippen molar-refractivity contribution < 1.29 is 52.3 Å². The van der Waals surface area contributed by atoms with Gasteiger partial charge in [0.2, 0.25) is 0 Å². The van der Waals surface area contributed by atoms with E-state index in [-0.39, 0.29) is 104 Å². The lowest BCUT2D eigenvalue weighted by molar-refractivity contribution is -0.148. The highest BCUT2D eigenvalue weighted by atomic mass is 16.6. The van der Waals surface area contributed by atoms with Crippen LogP contribution in [-0.4, -0.2) is 69.6 Å². The molecule has 4 aromatic rings. The van der Waals surface area contributed by atoms with Crippen LogP contribution in [0.1, 0.15) is 138 Å². The molecule has 0 aliphatic heterocycles. The number of carbonyl (C=O) groups is 4. The van der Waals surface area contributed by atoms with E-state index in [1.165, 1.54) is 26.3 Å². The average Bonchev–Trinajstić information content (AvgIpc) is 3.19. The normalized spacial score (nSPS) is 9.29. The maximum Gasteiger partial charge on any atom is 0.302 e. The molecule has 0 N–H and O–H groups in total. The molecular formula is C55H98O11. The summed E-state index contributed by atoms with van der Waals surface area (Å²) in [7, 11) is 0. The summed E-state index contributed by atoms with van der Waals surface area (Å²) >= 11 is 0. The van der Waals surface area contributed by atoms with Gasteiger partial charge in [-0.2, -0.15) is 0 Å². The molecule has 0 saturated heterocycles. The molecule has 66 heavy (non-hydrogen) atoms. The number of esters is 3. The van der Waals surface area contributed by atoms with Crippen LogP contribution in [0.5, 0.6) is 0 Å².